The second kappa shape index (κ2) is 9.92. The van der Waals surface area contributed by atoms with Gasteiger partial charge in [-0.3, -0.25) is 9.58 Å². The first kappa shape index (κ1) is 21.3. The van der Waals surface area contributed by atoms with Gasteiger partial charge in [-0.05, 0) is 45.3 Å². The molecule has 0 aliphatic carbocycles. The molecule has 3 aromatic rings. The van der Waals surface area contributed by atoms with Crippen LogP contribution in [0.25, 0.3) is 0 Å². The van der Waals surface area contributed by atoms with E-state index < -0.39 is 0 Å². The largest absolute Gasteiger partial charge is 0.346 e. The molecular weight excluding hydrogens is 482 g/mol. The smallest absolute Gasteiger partial charge is 0.174 e. The minimum absolute atomic E-state index is 0.602. The number of piperazine rings is 1. The molecule has 30 heavy (non-hydrogen) atoms. The second-order valence-electron chi connectivity index (χ2n) is 7.29. The Morgan fingerprint density at radius 2 is 1.70 bits per heavy atom. The molecule has 1 fully saturated rings. The lowest BCUT2D eigenvalue weighted by Gasteiger charge is -2.36. The zero-order valence-corrected chi connectivity index (χ0v) is 19.6. The number of hydrogen-bond acceptors (Lipinski definition) is 3. The molecule has 1 aliphatic rings. The highest BCUT2D eigenvalue weighted by Crippen LogP contribution is 2.23. The predicted octanol–water partition coefficient (Wildman–Crippen LogP) is 4.86. The SMILES string of the molecule is S=C(Nc1nn(Cc2ccccc2Cl)cc1Br)N1CCN(Cc2ccccc2)CC1. The van der Waals surface area contributed by atoms with Crippen molar-refractivity contribution >= 4 is 50.7 Å². The molecule has 1 N–H and O–H groups in total. The van der Waals surface area contributed by atoms with Gasteiger partial charge in [0.15, 0.2) is 10.9 Å². The Bertz CT molecular complexity index is 1000. The van der Waals surface area contributed by atoms with Gasteiger partial charge in [-0.2, -0.15) is 5.10 Å². The second-order valence-corrected chi connectivity index (χ2v) is 8.94. The van der Waals surface area contributed by atoms with Crippen LogP contribution in [0.2, 0.25) is 5.02 Å². The molecule has 156 valence electrons. The fourth-order valence-electron chi connectivity index (χ4n) is 3.49. The van der Waals surface area contributed by atoms with Crippen LogP contribution in [-0.2, 0) is 13.1 Å². The summed E-state index contributed by atoms with van der Waals surface area (Å²) in [5.74, 6) is 0.721. The van der Waals surface area contributed by atoms with Gasteiger partial charge in [0.05, 0.1) is 11.0 Å². The summed E-state index contributed by atoms with van der Waals surface area (Å²) in [7, 11) is 0. The molecule has 2 aromatic carbocycles. The maximum Gasteiger partial charge on any atom is 0.174 e. The predicted molar refractivity (Wildman–Crippen MR) is 130 cm³/mol. The lowest BCUT2D eigenvalue weighted by Crippen LogP contribution is -2.49. The molecule has 5 nitrogen and oxygen atoms in total. The van der Waals surface area contributed by atoms with Gasteiger partial charge in [-0.1, -0.05) is 60.1 Å². The highest BCUT2D eigenvalue weighted by Gasteiger charge is 2.20. The van der Waals surface area contributed by atoms with Crippen molar-refractivity contribution in [2.75, 3.05) is 31.5 Å². The Hall–Kier alpha value is -1.93. The molecule has 0 bridgehead atoms. The number of anilines is 1. The first-order chi connectivity index (χ1) is 14.6. The van der Waals surface area contributed by atoms with E-state index in [-0.39, 0.29) is 0 Å². The van der Waals surface area contributed by atoms with E-state index in [2.05, 4.69) is 66.5 Å². The summed E-state index contributed by atoms with van der Waals surface area (Å²) in [6, 6.07) is 18.4. The molecule has 0 amide bonds. The summed E-state index contributed by atoms with van der Waals surface area (Å²) in [5, 5.41) is 9.36. The van der Waals surface area contributed by atoms with Crippen LogP contribution in [0.5, 0.6) is 0 Å². The zero-order chi connectivity index (χ0) is 20.9. The number of hydrogen-bond donors (Lipinski definition) is 1. The van der Waals surface area contributed by atoms with Crippen LogP contribution in [-0.4, -0.2) is 50.9 Å². The average molecular weight is 505 g/mol. The van der Waals surface area contributed by atoms with Gasteiger partial charge in [0.25, 0.3) is 0 Å². The van der Waals surface area contributed by atoms with Crippen molar-refractivity contribution in [3.05, 3.63) is 81.4 Å². The standard InChI is InChI=1S/C22H23BrClN5S/c23-19-16-29(15-18-8-4-5-9-20(18)24)26-21(19)25-22(30)28-12-10-27(11-13-28)14-17-6-2-1-3-7-17/h1-9,16H,10-15H2,(H,25,26,30). The van der Waals surface area contributed by atoms with E-state index in [0.29, 0.717) is 11.7 Å². The van der Waals surface area contributed by atoms with Crippen LogP contribution in [0.4, 0.5) is 5.82 Å². The molecule has 2 heterocycles. The zero-order valence-electron chi connectivity index (χ0n) is 16.5. The van der Waals surface area contributed by atoms with Gasteiger partial charge in [0.2, 0.25) is 0 Å². The van der Waals surface area contributed by atoms with Crippen LogP contribution in [0.15, 0.2) is 65.3 Å². The summed E-state index contributed by atoms with van der Waals surface area (Å²) < 4.78 is 2.73. The fourth-order valence-corrected chi connectivity index (χ4v) is 4.38. The highest BCUT2D eigenvalue weighted by molar-refractivity contribution is 9.10. The van der Waals surface area contributed by atoms with Gasteiger partial charge in [0.1, 0.15) is 0 Å². The van der Waals surface area contributed by atoms with E-state index in [4.69, 9.17) is 23.8 Å². The monoisotopic (exact) mass is 503 g/mol. The number of benzene rings is 2. The summed E-state index contributed by atoms with van der Waals surface area (Å²) in [5.41, 5.74) is 2.37. The molecule has 1 aliphatic heterocycles. The van der Waals surface area contributed by atoms with Crippen LogP contribution in [0, 0.1) is 0 Å². The van der Waals surface area contributed by atoms with Crippen LogP contribution in [0.3, 0.4) is 0 Å². The number of halogens is 2. The summed E-state index contributed by atoms with van der Waals surface area (Å²) >= 11 is 15.5. The fraction of sp³-hybridized carbons (Fsp3) is 0.273. The summed E-state index contributed by atoms with van der Waals surface area (Å²) in [6.07, 6.45) is 1.94. The van der Waals surface area contributed by atoms with Crippen LogP contribution in [0.1, 0.15) is 11.1 Å². The maximum absolute atomic E-state index is 6.27. The molecule has 4 rings (SSSR count). The summed E-state index contributed by atoms with van der Waals surface area (Å²) in [4.78, 5) is 4.67. The molecular formula is C22H23BrClN5S. The number of rotatable bonds is 5. The topological polar surface area (TPSA) is 36.3 Å². The number of nitrogens with one attached hydrogen (secondary N) is 1. The quantitative estimate of drug-likeness (QED) is 0.502. The highest BCUT2D eigenvalue weighted by atomic mass is 79.9. The van der Waals surface area contributed by atoms with Gasteiger partial charge in [0, 0.05) is 43.9 Å². The van der Waals surface area contributed by atoms with Crippen LogP contribution < -0.4 is 5.32 Å². The Morgan fingerprint density at radius 3 is 2.43 bits per heavy atom. The lowest BCUT2D eigenvalue weighted by atomic mass is 10.2. The third-order valence-electron chi connectivity index (χ3n) is 5.14. The molecule has 0 atom stereocenters. The maximum atomic E-state index is 6.27. The van der Waals surface area contributed by atoms with Crippen molar-refractivity contribution in [2.24, 2.45) is 0 Å². The van der Waals surface area contributed by atoms with E-state index in [1.807, 2.05) is 35.1 Å². The Morgan fingerprint density at radius 1 is 1.00 bits per heavy atom. The van der Waals surface area contributed by atoms with Crippen LogP contribution >= 0.6 is 39.7 Å². The van der Waals surface area contributed by atoms with Gasteiger partial charge >= 0.3 is 0 Å². The Kier molecular flexibility index (Phi) is 7.04. The molecule has 1 saturated heterocycles. The first-order valence-corrected chi connectivity index (χ1v) is 11.4. The number of aromatic nitrogens is 2. The van der Waals surface area contributed by atoms with Crippen molar-refractivity contribution in [3.63, 3.8) is 0 Å². The first-order valence-electron chi connectivity index (χ1n) is 9.87. The molecule has 1 aromatic heterocycles. The Balaban J connectivity index is 1.31. The van der Waals surface area contributed by atoms with Gasteiger partial charge in [-0.15, -0.1) is 0 Å². The molecule has 0 unspecified atom stereocenters. The van der Waals surface area contributed by atoms with Crippen molar-refractivity contribution in [3.8, 4) is 0 Å². The normalized spacial score (nSPS) is 14.7. The van der Waals surface area contributed by atoms with Gasteiger partial charge in [-0.25, -0.2) is 0 Å². The molecule has 0 spiro atoms. The molecule has 0 saturated carbocycles. The average Bonchev–Trinajstić information content (AvgIpc) is 3.09. The van der Waals surface area contributed by atoms with E-state index in [0.717, 1.165) is 53.6 Å². The van der Waals surface area contributed by atoms with Crippen molar-refractivity contribution in [1.29, 1.82) is 0 Å². The van der Waals surface area contributed by atoms with Crippen molar-refractivity contribution in [2.45, 2.75) is 13.1 Å². The third-order valence-corrected chi connectivity index (χ3v) is 6.45. The van der Waals surface area contributed by atoms with E-state index in [1.54, 1.807) is 0 Å². The third kappa shape index (κ3) is 5.40. The summed E-state index contributed by atoms with van der Waals surface area (Å²) in [6.45, 7) is 5.35. The van der Waals surface area contributed by atoms with Gasteiger partial charge < -0.3 is 10.2 Å². The van der Waals surface area contributed by atoms with Crippen molar-refractivity contribution < 1.29 is 0 Å². The molecule has 8 heteroatoms. The number of thiocarbonyl (C=S) groups is 1. The lowest BCUT2D eigenvalue weighted by molar-refractivity contribution is 0.177. The number of nitrogens with zero attached hydrogens (tertiary/aromatic N) is 4. The minimum atomic E-state index is 0.602. The van der Waals surface area contributed by atoms with Crippen molar-refractivity contribution in [1.82, 2.24) is 19.6 Å². The Labute approximate surface area is 195 Å². The van der Waals surface area contributed by atoms with E-state index >= 15 is 0 Å². The van der Waals surface area contributed by atoms with E-state index in [9.17, 15) is 0 Å². The molecule has 0 radical (unpaired) electrons. The minimum Gasteiger partial charge on any atom is -0.346 e. The van der Waals surface area contributed by atoms with E-state index in [1.165, 1.54) is 5.56 Å².